The van der Waals surface area contributed by atoms with E-state index in [0.717, 1.165) is 29.4 Å². The van der Waals surface area contributed by atoms with Crippen LogP contribution in [0.3, 0.4) is 0 Å². The van der Waals surface area contributed by atoms with Gasteiger partial charge in [-0.3, -0.25) is 9.36 Å². The first-order chi connectivity index (χ1) is 12.2. The molecule has 0 atom stereocenters. The average molecular weight is 375 g/mol. The number of nitrogens with zero attached hydrogens (tertiary/aromatic N) is 3. The summed E-state index contributed by atoms with van der Waals surface area (Å²) in [4.78, 5) is 11.8. The SMILES string of the molecule is C#CCNC(=O)CSc1nnc(-c2ccccc2Cl)n1C1CCCC1. The van der Waals surface area contributed by atoms with E-state index in [2.05, 4.69) is 26.0 Å². The molecule has 7 heteroatoms. The molecule has 130 valence electrons. The number of carbonyl (C=O) groups is 1. The van der Waals surface area contributed by atoms with Crippen molar-refractivity contribution >= 4 is 29.3 Å². The maximum Gasteiger partial charge on any atom is 0.231 e. The summed E-state index contributed by atoms with van der Waals surface area (Å²) < 4.78 is 2.15. The van der Waals surface area contributed by atoms with Gasteiger partial charge in [-0.25, -0.2) is 0 Å². The Kier molecular flexibility index (Phi) is 6.00. The highest BCUT2D eigenvalue weighted by Crippen LogP contribution is 2.38. The maximum atomic E-state index is 11.8. The number of nitrogens with one attached hydrogen (secondary N) is 1. The van der Waals surface area contributed by atoms with E-state index in [1.165, 1.54) is 24.6 Å². The zero-order chi connectivity index (χ0) is 17.6. The highest BCUT2D eigenvalue weighted by molar-refractivity contribution is 7.99. The van der Waals surface area contributed by atoms with Crippen molar-refractivity contribution in [3.05, 3.63) is 29.3 Å². The molecule has 1 aliphatic carbocycles. The second-order valence-corrected chi connectivity index (χ2v) is 7.21. The Bertz CT molecular complexity index is 793. The number of carbonyl (C=O) groups excluding carboxylic acids is 1. The zero-order valence-corrected chi connectivity index (χ0v) is 15.3. The predicted octanol–water partition coefficient (Wildman–Crippen LogP) is 3.56. The molecule has 1 aliphatic rings. The minimum Gasteiger partial charge on any atom is -0.344 e. The van der Waals surface area contributed by atoms with Crippen LogP contribution in [0.2, 0.25) is 5.02 Å². The summed E-state index contributed by atoms with van der Waals surface area (Å²) in [5.74, 6) is 3.31. The lowest BCUT2D eigenvalue weighted by atomic mass is 10.2. The van der Waals surface area contributed by atoms with Crippen molar-refractivity contribution in [1.29, 1.82) is 0 Å². The molecular formula is C18H19ClN4OS. The second-order valence-electron chi connectivity index (χ2n) is 5.86. The quantitative estimate of drug-likeness (QED) is 0.620. The van der Waals surface area contributed by atoms with E-state index in [-0.39, 0.29) is 18.2 Å². The summed E-state index contributed by atoms with van der Waals surface area (Å²) >= 11 is 7.74. The minimum absolute atomic E-state index is 0.108. The number of hydrogen-bond acceptors (Lipinski definition) is 4. The molecule has 3 rings (SSSR count). The number of benzene rings is 1. The maximum absolute atomic E-state index is 11.8. The molecule has 1 saturated carbocycles. The van der Waals surface area contributed by atoms with E-state index in [1.54, 1.807) is 0 Å². The lowest BCUT2D eigenvalue weighted by Crippen LogP contribution is -2.25. The van der Waals surface area contributed by atoms with Crippen molar-refractivity contribution in [2.45, 2.75) is 36.9 Å². The first-order valence-corrected chi connectivity index (χ1v) is 9.60. The van der Waals surface area contributed by atoms with E-state index >= 15 is 0 Å². The topological polar surface area (TPSA) is 59.8 Å². The number of amides is 1. The third-order valence-corrected chi connectivity index (χ3v) is 5.46. The van der Waals surface area contributed by atoms with Gasteiger partial charge in [0.1, 0.15) is 0 Å². The molecule has 0 saturated heterocycles. The number of halogens is 1. The van der Waals surface area contributed by atoms with Crippen molar-refractivity contribution in [3.63, 3.8) is 0 Å². The molecule has 2 aromatic rings. The standard InChI is InChI=1S/C18H19ClN4OS/c1-2-11-20-16(24)12-25-18-22-21-17(14-9-5-6-10-15(14)19)23(18)13-7-3-4-8-13/h1,5-6,9-10,13H,3-4,7-8,11-12H2,(H,20,24). The van der Waals surface area contributed by atoms with Gasteiger partial charge in [0.05, 0.1) is 17.3 Å². The average Bonchev–Trinajstić information content (AvgIpc) is 3.27. The van der Waals surface area contributed by atoms with Crippen LogP contribution in [0.4, 0.5) is 0 Å². The van der Waals surface area contributed by atoms with Crippen LogP contribution in [0.25, 0.3) is 11.4 Å². The van der Waals surface area contributed by atoms with Crippen LogP contribution in [0, 0.1) is 12.3 Å². The lowest BCUT2D eigenvalue weighted by molar-refractivity contribution is -0.118. The summed E-state index contributed by atoms with van der Waals surface area (Å²) in [6.07, 6.45) is 9.73. The molecule has 0 spiro atoms. The smallest absolute Gasteiger partial charge is 0.231 e. The van der Waals surface area contributed by atoms with Gasteiger partial charge in [0.15, 0.2) is 11.0 Å². The molecule has 1 fully saturated rings. The summed E-state index contributed by atoms with van der Waals surface area (Å²) in [6, 6.07) is 7.98. The molecule has 1 aromatic heterocycles. The largest absolute Gasteiger partial charge is 0.344 e. The van der Waals surface area contributed by atoms with Crippen molar-refractivity contribution in [1.82, 2.24) is 20.1 Å². The van der Waals surface area contributed by atoms with Gasteiger partial charge in [-0.2, -0.15) is 0 Å². The lowest BCUT2D eigenvalue weighted by Gasteiger charge is -2.17. The van der Waals surface area contributed by atoms with Gasteiger partial charge in [0.25, 0.3) is 0 Å². The molecule has 5 nitrogen and oxygen atoms in total. The predicted molar refractivity (Wildman–Crippen MR) is 101 cm³/mol. The van der Waals surface area contributed by atoms with E-state index < -0.39 is 0 Å². The van der Waals surface area contributed by atoms with Crippen molar-refractivity contribution < 1.29 is 4.79 Å². The van der Waals surface area contributed by atoms with Gasteiger partial charge in [-0.1, -0.05) is 54.3 Å². The fourth-order valence-corrected chi connectivity index (χ4v) is 4.08. The van der Waals surface area contributed by atoms with Crippen molar-refractivity contribution in [2.24, 2.45) is 0 Å². The zero-order valence-electron chi connectivity index (χ0n) is 13.7. The number of rotatable bonds is 6. The van der Waals surface area contributed by atoms with E-state index in [9.17, 15) is 4.79 Å². The molecule has 1 amide bonds. The Labute approximate surface area is 156 Å². The van der Waals surface area contributed by atoms with Crippen LogP contribution in [0.5, 0.6) is 0 Å². The first kappa shape index (κ1) is 17.8. The Hall–Kier alpha value is -1.97. The van der Waals surface area contributed by atoms with Crippen molar-refractivity contribution in [2.75, 3.05) is 12.3 Å². The summed E-state index contributed by atoms with van der Waals surface area (Å²) in [7, 11) is 0. The van der Waals surface area contributed by atoms with Crippen molar-refractivity contribution in [3.8, 4) is 23.7 Å². The highest BCUT2D eigenvalue weighted by atomic mass is 35.5. The van der Waals surface area contributed by atoms with Crippen LogP contribution in [0.1, 0.15) is 31.7 Å². The van der Waals surface area contributed by atoms with Gasteiger partial charge in [0.2, 0.25) is 5.91 Å². The Morgan fingerprint density at radius 2 is 2.12 bits per heavy atom. The molecule has 25 heavy (non-hydrogen) atoms. The number of hydrogen-bond donors (Lipinski definition) is 1. The van der Waals surface area contributed by atoms with Gasteiger partial charge in [0, 0.05) is 11.6 Å². The van der Waals surface area contributed by atoms with Crippen LogP contribution in [-0.4, -0.2) is 33.0 Å². The van der Waals surface area contributed by atoms with E-state index in [1.807, 2.05) is 24.3 Å². The van der Waals surface area contributed by atoms with E-state index in [4.69, 9.17) is 18.0 Å². The summed E-state index contributed by atoms with van der Waals surface area (Å²) in [5, 5.41) is 12.8. The highest BCUT2D eigenvalue weighted by Gasteiger charge is 2.26. The second kappa shape index (κ2) is 8.41. The summed E-state index contributed by atoms with van der Waals surface area (Å²) in [6.45, 7) is 0.236. The van der Waals surface area contributed by atoms with Crippen LogP contribution >= 0.6 is 23.4 Å². The number of aromatic nitrogens is 3. The van der Waals surface area contributed by atoms with Gasteiger partial charge in [-0.15, -0.1) is 16.6 Å². The van der Waals surface area contributed by atoms with Crippen LogP contribution < -0.4 is 5.32 Å². The molecule has 1 heterocycles. The molecule has 0 unspecified atom stereocenters. The van der Waals surface area contributed by atoms with Crippen LogP contribution in [0.15, 0.2) is 29.4 Å². The Morgan fingerprint density at radius 3 is 2.84 bits per heavy atom. The first-order valence-electron chi connectivity index (χ1n) is 8.23. The third-order valence-electron chi connectivity index (χ3n) is 4.19. The molecule has 1 aromatic carbocycles. The fraction of sp³-hybridized carbons (Fsp3) is 0.389. The molecule has 0 bridgehead atoms. The Morgan fingerprint density at radius 1 is 1.36 bits per heavy atom. The fourth-order valence-electron chi connectivity index (χ4n) is 3.02. The number of thioether (sulfide) groups is 1. The van der Waals surface area contributed by atoms with Gasteiger partial charge >= 0.3 is 0 Å². The van der Waals surface area contributed by atoms with E-state index in [0.29, 0.717) is 11.1 Å². The summed E-state index contributed by atoms with van der Waals surface area (Å²) in [5.41, 5.74) is 0.868. The number of terminal acetylenes is 1. The molecule has 0 radical (unpaired) electrons. The monoisotopic (exact) mass is 374 g/mol. The Balaban J connectivity index is 1.87. The molecule has 1 N–H and O–H groups in total. The van der Waals surface area contributed by atoms with Crippen LogP contribution in [-0.2, 0) is 4.79 Å². The minimum atomic E-state index is -0.108. The molecule has 0 aliphatic heterocycles. The van der Waals surface area contributed by atoms with Gasteiger partial charge in [-0.05, 0) is 25.0 Å². The normalized spacial score (nSPS) is 14.4. The molecular weight excluding hydrogens is 356 g/mol. The third kappa shape index (κ3) is 4.17. The van der Waals surface area contributed by atoms with Gasteiger partial charge < -0.3 is 5.32 Å².